The lowest BCUT2D eigenvalue weighted by atomic mass is 10.1. The third-order valence-electron chi connectivity index (χ3n) is 3.43. The largest absolute Gasteiger partial charge is 0.628 e. The summed E-state index contributed by atoms with van der Waals surface area (Å²) < 4.78 is 5.76. The highest BCUT2D eigenvalue weighted by molar-refractivity contribution is 8.18. The number of hydrogen-bond donors (Lipinski definition) is 2. The van der Waals surface area contributed by atoms with Crippen LogP contribution in [-0.4, -0.2) is 11.1 Å². The van der Waals surface area contributed by atoms with E-state index in [-0.39, 0.29) is 12.3 Å². The predicted molar refractivity (Wildman–Crippen MR) is 93.7 cm³/mol. The Hall–Kier alpha value is -2.65. The molecule has 25 heavy (non-hydrogen) atoms. The molecule has 0 saturated carbocycles. The smallest absolute Gasteiger partial charge is 0.290 e. The van der Waals surface area contributed by atoms with E-state index in [1.54, 1.807) is 42.5 Å². The van der Waals surface area contributed by atoms with Crippen LogP contribution in [0, 0.1) is 10.4 Å². The molecule has 0 aromatic heterocycles. The van der Waals surface area contributed by atoms with E-state index >= 15 is 0 Å². The zero-order chi connectivity index (χ0) is 17.8. The topological polar surface area (TPSA) is 106 Å². The summed E-state index contributed by atoms with van der Waals surface area (Å²) in [6.07, 6.45) is 1.60. The molecule has 2 aromatic carbocycles. The number of carbonyl (C=O) groups excluding carboxylic acids is 2. The number of carbonyl (C=O) groups is 2. The van der Waals surface area contributed by atoms with Crippen molar-refractivity contribution < 1.29 is 19.6 Å². The number of para-hydroxylation sites is 1. The zero-order valence-corrected chi connectivity index (χ0v) is 13.7. The Morgan fingerprint density at radius 2 is 1.80 bits per heavy atom. The highest BCUT2D eigenvalue weighted by atomic mass is 32.2. The van der Waals surface area contributed by atoms with Gasteiger partial charge in [-0.05, 0) is 41.6 Å². The lowest BCUT2D eigenvalue weighted by molar-refractivity contribution is -0.715. The van der Waals surface area contributed by atoms with Crippen LogP contribution in [-0.2, 0) is 11.4 Å². The highest BCUT2D eigenvalue weighted by Gasteiger charge is 2.25. The molecule has 1 fully saturated rings. The second kappa shape index (κ2) is 7.49. The maximum absolute atomic E-state index is 11.7. The molecule has 2 aromatic rings. The average Bonchev–Trinajstić information content (AvgIpc) is 2.91. The molecule has 8 heteroatoms. The molecule has 0 aliphatic carbocycles. The van der Waals surface area contributed by atoms with Crippen molar-refractivity contribution in [2.75, 3.05) is 0 Å². The Morgan fingerprint density at radius 3 is 2.44 bits per heavy atom. The van der Waals surface area contributed by atoms with Gasteiger partial charge in [0.05, 0.1) is 4.91 Å². The van der Waals surface area contributed by atoms with Crippen molar-refractivity contribution in [2.45, 2.75) is 6.61 Å². The van der Waals surface area contributed by atoms with Crippen molar-refractivity contribution in [3.8, 4) is 5.75 Å². The van der Waals surface area contributed by atoms with Crippen LogP contribution < -0.4 is 15.3 Å². The lowest BCUT2D eigenvalue weighted by Crippen LogP contribution is -2.96. The van der Waals surface area contributed by atoms with Crippen LogP contribution in [0.1, 0.15) is 11.1 Å². The summed E-state index contributed by atoms with van der Waals surface area (Å²) in [5.41, 5.74) is 1.56. The standard InChI is InChI=1S/C17H13N2O5S/c20-16-15(25-17(21)18-16)9-12-3-1-2-4-14(12)24-10-11-5-7-13(8-6-11)19(22)23/h1-9,19H,10H2,(H,18,20,21)/q-1/b15-9-. The molecule has 0 spiro atoms. The number of ether oxygens (including phenoxy) is 1. The van der Waals surface area contributed by atoms with Crippen molar-refractivity contribution in [1.82, 2.24) is 5.32 Å². The normalized spacial score (nSPS) is 15.7. The van der Waals surface area contributed by atoms with Crippen LogP contribution in [0.4, 0.5) is 10.5 Å². The van der Waals surface area contributed by atoms with Gasteiger partial charge in [-0.25, -0.2) is 0 Å². The van der Waals surface area contributed by atoms with Gasteiger partial charge in [0.25, 0.3) is 11.1 Å². The Labute approximate surface area is 147 Å². The second-order valence-corrected chi connectivity index (χ2v) is 6.18. The van der Waals surface area contributed by atoms with Gasteiger partial charge in [0.2, 0.25) is 0 Å². The van der Waals surface area contributed by atoms with E-state index < -0.39 is 16.4 Å². The van der Waals surface area contributed by atoms with E-state index in [2.05, 4.69) is 5.32 Å². The average molecular weight is 357 g/mol. The number of benzene rings is 2. The predicted octanol–water partition coefficient (Wildman–Crippen LogP) is 2.10. The van der Waals surface area contributed by atoms with Gasteiger partial charge in [-0.15, -0.1) is 0 Å². The first-order valence-electron chi connectivity index (χ1n) is 7.30. The third-order valence-corrected chi connectivity index (χ3v) is 4.24. The van der Waals surface area contributed by atoms with Crippen LogP contribution in [0.25, 0.3) is 6.08 Å². The highest BCUT2D eigenvalue weighted by Crippen LogP contribution is 2.29. The SMILES string of the molecule is O=C1NC(=O)/C(=C/c2ccccc2OCc2ccc([NH+]([O-])[O-])cc2)S1. The zero-order valence-electron chi connectivity index (χ0n) is 12.9. The molecule has 1 aliphatic rings. The summed E-state index contributed by atoms with van der Waals surface area (Å²) in [7, 11) is 0. The molecule has 2 amide bonds. The van der Waals surface area contributed by atoms with Crippen molar-refractivity contribution in [2.24, 2.45) is 0 Å². The van der Waals surface area contributed by atoms with Gasteiger partial charge < -0.3 is 20.4 Å². The first-order valence-corrected chi connectivity index (χ1v) is 8.11. The summed E-state index contributed by atoms with van der Waals surface area (Å²) in [6, 6.07) is 13.3. The molecule has 0 unspecified atom stereocenters. The maximum atomic E-state index is 11.7. The van der Waals surface area contributed by atoms with Crippen LogP contribution >= 0.6 is 11.8 Å². The van der Waals surface area contributed by atoms with Gasteiger partial charge in [0.15, 0.2) is 0 Å². The summed E-state index contributed by atoms with van der Waals surface area (Å²) in [5.74, 6) is 0.120. The van der Waals surface area contributed by atoms with Gasteiger partial charge in [-0.2, -0.15) is 0 Å². The number of hydrogen-bond acceptors (Lipinski definition) is 6. The summed E-state index contributed by atoms with van der Waals surface area (Å²) >= 11 is 0.840. The van der Waals surface area contributed by atoms with E-state index in [0.717, 1.165) is 17.3 Å². The summed E-state index contributed by atoms with van der Waals surface area (Å²) in [5, 5.41) is 22.1. The molecule has 3 rings (SSSR count). The Morgan fingerprint density at radius 1 is 1.08 bits per heavy atom. The Kier molecular flexibility index (Phi) is 5.15. The Balaban J connectivity index is 1.74. The molecule has 1 aliphatic heterocycles. The molecule has 7 nitrogen and oxygen atoms in total. The molecular formula is C17H13N2O5S-. The number of rotatable bonds is 5. The van der Waals surface area contributed by atoms with E-state index in [9.17, 15) is 20.0 Å². The summed E-state index contributed by atoms with van der Waals surface area (Å²) in [4.78, 5) is 23.2. The Bertz CT molecular complexity index is 833. The fourth-order valence-corrected chi connectivity index (χ4v) is 2.86. The minimum Gasteiger partial charge on any atom is -0.628 e. The van der Waals surface area contributed by atoms with Gasteiger partial charge in [0, 0.05) is 17.7 Å². The van der Waals surface area contributed by atoms with E-state index in [4.69, 9.17) is 4.74 Å². The van der Waals surface area contributed by atoms with E-state index in [1.807, 2.05) is 0 Å². The molecule has 0 radical (unpaired) electrons. The molecule has 128 valence electrons. The molecular weight excluding hydrogens is 344 g/mol. The fraction of sp³-hybridized carbons (Fsp3) is 0.0588. The number of amides is 2. The first kappa shape index (κ1) is 17.2. The van der Waals surface area contributed by atoms with Crippen LogP contribution in [0.5, 0.6) is 5.75 Å². The number of thioether (sulfide) groups is 1. The molecule has 0 bridgehead atoms. The van der Waals surface area contributed by atoms with E-state index in [1.165, 1.54) is 12.1 Å². The fourth-order valence-electron chi connectivity index (χ4n) is 2.19. The van der Waals surface area contributed by atoms with Gasteiger partial charge >= 0.3 is 0 Å². The molecule has 2 N–H and O–H groups in total. The van der Waals surface area contributed by atoms with Crippen molar-refractivity contribution in [3.63, 3.8) is 0 Å². The van der Waals surface area contributed by atoms with Crippen LogP contribution in [0.2, 0.25) is 0 Å². The number of imide groups is 1. The van der Waals surface area contributed by atoms with E-state index in [0.29, 0.717) is 16.2 Å². The van der Waals surface area contributed by atoms with Crippen molar-refractivity contribution in [3.05, 3.63) is 75.0 Å². The summed E-state index contributed by atoms with van der Waals surface area (Å²) in [6.45, 7) is 0.228. The first-order chi connectivity index (χ1) is 12.0. The minimum absolute atomic E-state index is 0.0998. The third kappa shape index (κ3) is 4.25. The van der Waals surface area contributed by atoms with Gasteiger partial charge in [-0.1, -0.05) is 18.2 Å². The van der Waals surface area contributed by atoms with Crippen molar-refractivity contribution in [1.29, 1.82) is 0 Å². The monoisotopic (exact) mass is 357 g/mol. The van der Waals surface area contributed by atoms with Crippen LogP contribution in [0.3, 0.4) is 0 Å². The molecule has 1 heterocycles. The van der Waals surface area contributed by atoms with Crippen LogP contribution in [0.15, 0.2) is 53.4 Å². The molecule has 1 saturated heterocycles. The minimum atomic E-state index is -1.23. The molecule has 0 atom stereocenters. The van der Waals surface area contributed by atoms with Crippen molar-refractivity contribution >= 4 is 34.7 Å². The lowest BCUT2D eigenvalue weighted by Gasteiger charge is -2.24. The maximum Gasteiger partial charge on any atom is 0.290 e. The van der Waals surface area contributed by atoms with Gasteiger partial charge in [0.1, 0.15) is 18.0 Å². The number of nitrogens with one attached hydrogen (secondary N) is 2. The second-order valence-electron chi connectivity index (χ2n) is 5.16. The van der Waals surface area contributed by atoms with Gasteiger partial charge in [-0.3, -0.25) is 14.9 Å². The number of quaternary nitrogens is 1. The quantitative estimate of drug-likeness (QED) is 0.627.